The van der Waals surface area contributed by atoms with E-state index in [1.54, 1.807) is 18.4 Å². The van der Waals surface area contributed by atoms with E-state index < -0.39 is 0 Å². The predicted octanol–water partition coefficient (Wildman–Crippen LogP) is 1.86. The Balaban J connectivity index is 2.47. The van der Waals surface area contributed by atoms with E-state index in [2.05, 4.69) is 5.29 Å². The van der Waals surface area contributed by atoms with Gasteiger partial charge in [0.15, 0.2) is 0 Å². The van der Waals surface area contributed by atoms with Crippen molar-refractivity contribution >= 4 is 11.3 Å². The van der Waals surface area contributed by atoms with Gasteiger partial charge in [0.1, 0.15) is 0 Å². The fraction of sp³-hybridized carbons (Fsp3) is 0.333. The first-order valence-corrected chi connectivity index (χ1v) is 3.77. The van der Waals surface area contributed by atoms with Crippen LogP contribution >= 0.6 is 11.3 Å². The lowest BCUT2D eigenvalue weighted by Gasteiger charge is -2.04. The van der Waals surface area contributed by atoms with Crippen molar-refractivity contribution in [2.45, 2.75) is 6.54 Å². The minimum atomic E-state index is 0.612. The van der Waals surface area contributed by atoms with E-state index >= 15 is 0 Å². The van der Waals surface area contributed by atoms with Gasteiger partial charge >= 0.3 is 0 Å². The zero-order valence-corrected chi connectivity index (χ0v) is 6.47. The highest BCUT2D eigenvalue weighted by Gasteiger charge is 1.96. The van der Waals surface area contributed by atoms with Crippen molar-refractivity contribution in [3.8, 4) is 0 Å². The molecule has 1 aromatic rings. The van der Waals surface area contributed by atoms with Gasteiger partial charge in [0.05, 0.1) is 11.8 Å². The van der Waals surface area contributed by atoms with E-state index in [0.29, 0.717) is 6.54 Å². The first-order valence-electron chi connectivity index (χ1n) is 2.89. The van der Waals surface area contributed by atoms with Gasteiger partial charge in [-0.25, -0.2) is 0 Å². The molecule has 0 aliphatic rings. The highest BCUT2D eigenvalue weighted by Crippen LogP contribution is 2.10. The Bertz CT molecular complexity index is 198. The van der Waals surface area contributed by atoms with Crippen LogP contribution in [-0.4, -0.2) is 12.1 Å². The molecular weight excluding hydrogens is 148 g/mol. The van der Waals surface area contributed by atoms with E-state index in [-0.39, 0.29) is 0 Å². The van der Waals surface area contributed by atoms with Crippen LogP contribution < -0.4 is 0 Å². The Morgan fingerprint density at radius 3 is 3.10 bits per heavy atom. The van der Waals surface area contributed by atoms with Crippen molar-refractivity contribution in [1.29, 1.82) is 0 Å². The second-order valence-electron chi connectivity index (χ2n) is 1.98. The average molecular weight is 156 g/mol. The summed E-state index contributed by atoms with van der Waals surface area (Å²) >= 11 is 1.63. The summed E-state index contributed by atoms with van der Waals surface area (Å²) in [5.41, 5.74) is 0. The monoisotopic (exact) mass is 156 g/mol. The molecule has 0 amide bonds. The van der Waals surface area contributed by atoms with Crippen LogP contribution in [-0.2, 0) is 6.54 Å². The predicted molar refractivity (Wildman–Crippen MR) is 41.6 cm³/mol. The van der Waals surface area contributed by atoms with Crippen LogP contribution in [0.1, 0.15) is 4.88 Å². The molecule has 1 heterocycles. The van der Waals surface area contributed by atoms with E-state index in [4.69, 9.17) is 0 Å². The maximum Gasteiger partial charge on any atom is 0.0732 e. The second kappa shape index (κ2) is 3.31. The number of hydrogen-bond acceptors (Lipinski definition) is 3. The number of nitrogens with zero attached hydrogens (tertiary/aromatic N) is 2. The molecule has 0 N–H and O–H groups in total. The van der Waals surface area contributed by atoms with Gasteiger partial charge in [-0.2, -0.15) is 0 Å². The van der Waals surface area contributed by atoms with Crippen molar-refractivity contribution in [2.24, 2.45) is 5.29 Å². The zero-order valence-electron chi connectivity index (χ0n) is 5.65. The Hall–Kier alpha value is -0.900. The number of thiophene rings is 1. The van der Waals surface area contributed by atoms with Crippen LogP contribution in [0, 0.1) is 4.91 Å². The highest BCUT2D eigenvalue weighted by molar-refractivity contribution is 7.09. The third-order valence-corrected chi connectivity index (χ3v) is 1.97. The van der Waals surface area contributed by atoms with Gasteiger partial charge in [-0.05, 0) is 11.4 Å². The summed E-state index contributed by atoms with van der Waals surface area (Å²) in [5, 5.41) is 6.10. The minimum Gasteiger partial charge on any atom is -0.259 e. The van der Waals surface area contributed by atoms with E-state index in [1.807, 2.05) is 17.5 Å². The van der Waals surface area contributed by atoms with Crippen molar-refractivity contribution in [3.05, 3.63) is 27.3 Å². The van der Waals surface area contributed by atoms with Gasteiger partial charge in [-0.1, -0.05) is 6.07 Å². The molecule has 0 fully saturated rings. The minimum absolute atomic E-state index is 0.612. The van der Waals surface area contributed by atoms with Crippen molar-refractivity contribution in [2.75, 3.05) is 7.05 Å². The molecule has 0 bridgehead atoms. The molecule has 10 heavy (non-hydrogen) atoms. The maximum atomic E-state index is 9.91. The van der Waals surface area contributed by atoms with Gasteiger partial charge < -0.3 is 0 Å². The molecule has 3 nitrogen and oxygen atoms in total. The molecule has 0 radical (unpaired) electrons. The molecule has 0 aliphatic heterocycles. The Labute approximate surface area is 63.2 Å². The molecule has 54 valence electrons. The first-order chi connectivity index (χ1) is 4.83. The van der Waals surface area contributed by atoms with E-state index in [9.17, 15) is 4.91 Å². The Morgan fingerprint density at radius 1 is 1.80 bits per heavy atom. The summed E-state index contributed by atoms with van der Waals surface area (Å²) in [4.78, 5) is 11.1. The largest absolute Gasteiger partial charge is 0.259 e. The van der Waals surface area contributed by atoms with Crippen LogP contribution in [0.2, 0.25) is 0 Å². The molecular formula is C6H8N2OS. The van der Waals surface area contributed by atoms with Crippen LogP contribution in [0.3, 0.4) is 0 Å². The fourth-order valence-electron chi connectivity index (χ4n) is 0.657. The number of nitroso groups, excluding NO2 is 1. The maximum absolute atomic E-state index is 9.91. The standard InChI is InChI=1S/C6H8N2OS/c1-8(7-9)5-6-3-2-4-10-6/h2-4H,5H2,1H3. The molecule has 0 atom stereocenters. The molecule has 4 heteroatoms. The molecule has 1 rings (SSSR count). The third-order valence-electron chi connectivity index (χ3n) is 1.10. The molecule has 0 aliphatic carbocycles. The highest BCUT2D eigenvalue weighted by atomic mass is 32.1. The van der Waals surface area contributed by atoms with Crippen LogP contribution in [0.4, 0.5) is 0 Å². The quantitative estimate of drug-likeness (QED) is 0.494. The smallest absolute Gasteiger partial charge is 0.0732 e. The van der Waals surface area contributed by atoms with Crippen molar-refractivity contribution in [3.63, 3.8) is 0 Å². The van der Waals surface area contributed by atoms with Crippen molar-refractivity contribution < 1.29 is 0 Å². The molecule has 0 saturated heterocycles. The lowest BCUT2D eigenvalue weighted by molar-refractivity contribution is 0.345. The van der Waals surface area contributed by atoms with Gasteiger partial charge in [-0.15, -0.1) is 16.2 Å². The van der Waals surface area contributed by atoms with E-state index in [1.165, 1.54) is 5.01 Å². The molecule has 1 aromatic heterocycles. The van der Waals surface area contributed by atoms with Crippen LogP contribution in [0.15, 0.2) is 22.8 Å². The summed E-state index contributed by atoms with van der Waals surface area (Å²) in [5.74, 6) is 0. The number of hydrogen-bond donors (Lipinski definition) is 0. The molecule has 0 spiro atoms. The average Bonchev–Trinajstić information content (AvgIpc) is 2.40. The molecule has 0 unspecified atom stereocenters. The lowest BCUT2D eigenvalue weighted by atomic mass is 10.5. The molecule has 0 aromatic carbocycles. The fourth-order valence-corrected chi connectivity index (χ4v) is 1.41. The van der Waals surface area contributed by atoms with E-state index in [0.717, 1.165) is 4.88 Å². The summed E-state index contributed by atoms with van der Waals surface area (Å²) in [7, 11) is 1.66. The summed E-state index contributed by atoms with van der Waals surface area (Å²) in [6, 6.07) is 3.94. The Morgan fingerprint density at radius 2 is 2.60 bits per heavy atom. The SMILES string of the molecule is CN(Cc1cccs1)N=O. The molecule has 0 saturated carbocycles. The first kappa shape index (κ1) is 7.21. The van der Waals surface area contributed by atoms with Gasteiger partial charge in [0.2, 0.25) is 0 Å². The summed E-state index contributed by atoms with van der Waals surface area (Å²) in [6.45, 7) is 0.612. The van der Waals surface area contributed by atoms with Gasteiger partial charge in [0.25, 0.3) is 0 Å². The number of rotatable bonds is 3. The lowest BCUT2D eigenvalue weighted by Crippen LogP contribution is -2.07. The van der Waals surface area contributed by atoms with Crippen molar-refractivity contribution in [1.82, 2.24) is 5.01 Å². The summed E-state index contributed by atoms with van der Waals surface area (Å²) in [6.07, 6.45) is 0. The Kier molecular flexibility index (Phi) is 2.39. The van der Waals surface area contributed by atoms with Crippen LogP contribution in [0.5, 0.6) is 0 Å². The normalized spacial score (nSPS) is 9.30. The van der Waals surface area contributed by atoms with Gasteiger partial charge in [0, 0.05) is 11.9 Å². The zero-order chi connectivity index (χ0) is 7.40. The van der Waals surface area contributed by atoms with Gasteiger partial charge in [-0.3, -0.25) is 5.01 Å². The summed E-state index contributed by atoms with van der Waals surface area (Å²) < 4.78 is 0. The van der Waals surface area contributed by atoms with Crippen LogP contribution in [0.25, 0.3) is 0 Å². The third kappa shape index (κ3) is 1.80. The second-order valence-corrected chi connectivity index (χ2v) is 3.01. The topological polar surface area (TPSA) is 32.7 Å².